The molecule has 90 valence electrons. The van der Waals surface area contributed by atoms with Crippen molar-refractivity contribution in [1.82, 2.24) is 4.98 Å². The molecule has 2 rings (SSSR count). The lowest BCUT2D eigenvalue weighted by atomic mass is 10.0. The maximum atomic E-state index is 9.56. The predicted molar refractivity (Wildman–Crippen MR) is 71.6 cm³/mol. The van der Waals surface area contributed by atoms with E-state index in [1.165, 1.54) is 11.3 Å². The quantitative estimate of drug-likeness (QED) is 0.896. The van der Waals surface area contributed by atoms with Crippen molar-refractivity contribution in [2.75, 3.05) is 11.9 Å². The van der Waals surface area contributed by atoms with Crippen molar-refractivity contribution >= 4 is 28.6 Å². The van der Waals surface area contributed by atoms with E-state index in [4.69, 9.17) is 11.6 Å². The molecule has 0 aliphatic carbocycles. The van der Waals surface area contributed by atoms with Crippen LogP contribution in [0.15, 0.2) is 35.8 Å². The van der Waals surface area contributed by atoms with E-state index in [-0.39, 0.29) is 6.61 Å². The first-order chi connectivity index (χ1) is 8.14. The number of nitrogens with zero attached hydrogens (tertiary/aromatic N) is 1. The molecule has 0 spiro atoms. The molecule has 0 saturated heterocycles. The summed E-state index contributed by atoms with van der Waals surface area (Å²) < 4.78 is 0. The number of halogens is 1. The monoisotopic (exact) mass is 268 g/mol. The SMILES string of the molecule is CC(CO)(Nc1cccc(Cl)c1)c1nccs1. The molecule has 3 nitrogen and oxygen atoms in total. The lowest BCUT2D eigenvalue weighted by Gasteiger charge is -2.27. The first-order valence-electron chi connectivity index (χ1n) is 5.19. The summed E-state index contributed by atoms with van der Waals surface area (Å²) >= 11 is 7.44. The van der Waals surface area contributed by atoms with E-state index < -0.39 is 5.54 Å². The fourth-order valence-electron chi connectivity index (χ4n) is 1.54. The molecular formula is C12H13ClN2OS. The van der Waals surface area contributed by atoms with Crippen molar-refractivity contribution in [3.8, 4) is 0 Å². The third-order valence-electron chi connectivity index (χ3n) is 2.47. The van der Waals surface area contributed by atoms with Gasteiger partial charge in [-0.3, -0.25) is 0 Å². The molecule has 1 aromatic carbocycles. The zero-order chi connectivity index (χ0) is 12.3. The number of aliphatic hydroxyl groups is 1. The molecule has 0 saturated carbocycles. The molecule has 0 aliphatic rings. The van der Waals surface area contributed by atoms with Crippen LogP contribution in [0.3, 0.4) is 0 Å². The maximum absolute atomic E-state index is 9.56. The average molecular weight is 269 g/mol. The van der Waals surface area contributed by atoms with Crippen molar-refractivity contribution in [2.45, 2.75) is 12.5 Å². The Bertz CT molecular complexity index is 489. The molecule has 1 heterocycles. The number of rotatable bonds is 4. The van der Waals surface area contributed by atoms with E-state index in [0.717, 1.165) is 10.7 Å². The summed E-state index contributed by atoms with van der Waals surface area (Å²) in [5, 5.41) is 16.2. The van der Waals surface area contributed by atoms with Gasteiger partial charge in [-0.1, -0.05) is 17.7 Å². The molecule has 0 amide bonds. The zero-order valence-corrected chi connectivity index (χ0v) is 10.9. The number of hydrogen-bond acceptors (Lipinski definition) is 4. The third-order valence-corrected chi connectivity index (χ3v) is 3.74. The number of benzene rings is 1. The summed E-state index contributed by atoms with van der Waals surface area (Å²) in [5.41, 5.74) is 0.281. The summed E-state index contributed by atoms with van der Waals surface area (Å²) in [6.45, 7) is 1.87. The van der Waals surface area contributed by atoms with E-state index in [1.54, 1.807) is 6.20 Å². The van der Waals surface area contributed by atoms with Gasteiger partial charge in [0.15, 0.2) is 0 Å². The van der Waals surface area contributed by atoms with Gasteiger partial charge in [0, 0.05) is 22.3 Å². The van der Waals surface area contributed by atoms with Crippen molar-refractivity contribution in [1.29, 1.82) is 0 Å². The largest absolute Gasteiger partial charge is 0.393 e. The standard InChI is InChI=1S/C12H13ClN2OS/c1-12(8-16,11-14-5-6-17-11)15-10-4-2-3-9(13)7-10/h2-7,15-16H,8H2,1H3. The second kappa shape index (κ2) is 5.04. The van der Waals surface area contributed by atoms with Crippen LogP contribution in [0, 0.1) is 0 Å². The van der Waals surface area contributed by atoms with E-state index in [1.807, 2.05) is 36.6 Å². The van der Waals surface area contributed by atoms with Gasteiger partial charge in [0.25, 0.3) is 0 Å². The van der Waals surface area contributed by atoms with Crippen LogP contribution in [-0.4, -0.2) is 16.7 Å². The number of aromatic nitrogens is 1. The molecule has 0 aliphatic heterocycles. The topological polar surface area (TPSA) is 45.1 Å². The second-order valence-corrected chi connectivity index (χ2v) is 5.29. The van der Waals surface area contributed by atoms with Gasteiger partial charge in [-0.15, -0.1) is 11.3 Å². The van der Waals surface area contributed by atoms with Gasteiger partial charge in [0.2, 0.25) is 0 Å². The van der Waals surface area contributed by atoms with Crippen LogP contribution in [-0.2, 0) is 5.54 Å². The van der Waals surface area contributed by atoms with E-state index in [0.29, 0.717) is 5.02 Å². The first kappa shape index (κ1) is 12.4. The highest BCUT2D eigenvalue weighted by Gasteiger charge is 2.28. The van der Waals surface area contributed by atoms with Gasteiger partial charge in [-0.25, -0.2) is 4.98 Å². The highest BCUT2D eigenvalue weighted by Crippen LogP contribution is 2.28. The minimum absolute atomic E-state index is 0.0347. The number of anilines is 1. The summed E-state index contributed by atoms with van der Waals surface area (Å²) in [6, 6.07) is 7.41. The van der Waals surface area contributed by atoms with Gasteiger partial charge in [0.05, 0.1) is 6.61 Å². The lowest BCUT2D eigenvalue weighted by molar-refractivity contribution is 0.223. The van der Waals surface area contributed by atoms with Crippen molar-refractivity contribution in [3.63, 3.8) is 0 Å². The van der Waals surface area contributed by atoms with Crippen LogP contribution in [0.4, 0.5) is 5.69 Å². The smallest absolute Gasteiger partial charge is 0.120 e. The molecule has 2 N–H and O–H groups in total. The van der Waals surface area contributed by atoms with Gasteiger partial charge in [-0.2, -0.15) is 0 Å². The fourth-order valence-corrected chi connectivity index (χ4v) is 2.48. The van der Waals surface area contributed by atoms with Gasteiger partial charge in [0.1, 0.15) is 10.5 Å². The molecule has 5 heteroatoms. The summed E-state index contributed by atoms with van der Waals surface area (Å²) in [5.74, 6) is 0. The summed E-state index contributed by atoms with van der Waals surface area (Å²) in [6.07, 6.45) is 1.73. The van der Waals surface area contributed by atoms with Crippen LogP contribution >= 0.6 is 22.9 Å². The second-order valence-electron chi connectivity index (χ2n) is 3.96. The van der Waals surface area contributed by atoms with E-state index >= 15 is 0 Å². The molecule has 17 heavy (non-hydrogen) atoms. The number of hydrogen-bond donors (Lipinski definition) is 2. The summed E-state index contributed by atoms with van der Waals surface area (Å²) in [7, 11) is 0. The van der Waals surface area contributed by atoms with Crippen LogP contribution in [0.1, 0.15) is 11.9 Å². The van der Waals surface area contributed by atoms with Gasteiger partial charge < -0.3 is 10.4 Å². The van der Waals surface area contributed by atoms with Gasteiger partial charge in [-0.05, 0) is 25.1 Å². The van der Waals surface area contributed by atoms with E-state index in [2.05, 4.69) is 10.3 Å². The third kappa shape index (κ3) is 2.77. The molecule has 0 fully saturated rings. The Labute approximate surface area is 109 Å². The van der Waals surface area contributed by atoms with Gasteiger partial charge >= 0.3 is 0 Å². The normalized spacial score (nSPS) is 14.3. The Morgan fingerprint density at radius 1 is 1.53 bits per heavy atom. The first-order valence-corrected chi connectivity index (χ1v) is 6.44. The highest BCUT2D eigenvalue weighted by molar-refractivity contribution is 7.09. The molecule has 1 aromatic heterocycles. The fraction of sp³-hybridized carbons (Fsp3) is 0.250. The molecule has 0 bridgehead atoms. The van der Waals surface area contributed by atoms with Crippen LogP contribution in [0.2, 0.25) is 5.02 Å². The van der Waals surface area contributed by atoms with Crippen molar-refractivity contribution in [3.05, 3.63) is 45.9 Å². The Hall–Kier alpha value is -1.10. The maximum Gasteiger partial charge on any atom is 0.120 e. The molecule has 2 aromatic rings. The zero-order valence-electron chi connectivity index (χ0n) is 9.35. The Morgan fingerprint density at radius 2 is 2.35 bits per heavy atom. The average Bonchev–Trinajstić information content (AvgIpc) is 2.83. The Kier molecular flexibility index (Phi) is 3.66. The minimum Gasteiger partial charge on any atom is -0.393 e. The van der Waals surface area contributed by atoms with Crippen LogP contribution < -0.4 is 5.32 Å². The van der Waals surface area contributed by atoms with Crippen molar-refractivity contribution in [2.24, 2.45) is 0 Å². The minimum atomic E-state index is -0.584. The molecular weight excluding hydrogens is 256 g/mol. The number of aliphatic hydroxyl groups excluding tert-OH is 1. The van der Waals surface area contributed by atoms with Crippen LogP contribution in [0.25, 0.3) is 0 Å². The Balaban J connectivity index is 2.26. The van der Waals surface area contributed by atoms with Crippen LogP contribution in [0.5, 0.6) is 0 Å². The molecule has 1 atom stereocenters. The predicted octanol–water partition coefficient (Wildman–Crippen LogP) is 3.12. The van der Waals surface area contributed by atoms with E-state index in [9.17, 15) is 5.11 Å². The number of thiazole rings is 1. The lowest BCUT2D eigenvalue weighted by Crippen LogP contribution is -2.35. The molecule has 1 unspecified atom stereocenters. The van der Waals surface area contributed by atoms with Crippen molar-refractivity contribution < 1.29 is 5.11 Å². The highest BCUT2D eigenvalue weighted by atomic mass is 35.5. The Morgan fingerprint density at radius 3 is 2.94 bits per heavy atom. The summed E-state index contributed by atoms with van der Waals surface area (Å²) in [4.78, 5) is 4.24. The molecule has 0 radical (unpaired) electrons. The number of nitrogens with one attached hydrogen (secondary N) is 1.